The molecule has 0 atom stereocenters. The van der Waals surface area contributed by atoms with Gasteiger partial charge in [-0.2, -0.15) is 0 Å². The van der Waals surface area contributed by atoms with Crippen molar-refractivity contribution < 1.29 is 0 Å². The van der Waals surface area contributed by atoms with Gasteiger partial charge in [0.25, 0.3) is 0 Å². The molecule has 0 saturated carbocycles. The predicted molar refractivity (Wildman–Crippen MR) is 97.2 cm³/mol. The van der Waals surface area contributed by atoms with Gasteiger partial charge in [0.2, 0.25) is 0 Å². The van der Waals surface area contributed by atoms with Gasteiger partial charge in [-0.3, -0.25) is 0 Å². The van der Waals surface area contributed by atoms with Crippen molar-refractivity contribution in [3.8, 4) is 0 Å². The molecule has 0 aliphatic carbocycles. The molecular weight excluding hydrogens is 254 g/mol. The predicted octanol–water partition coefficient (Wildman–Crippen LogP) is 6.51. The lowest BCUT2D eigenvalue weighted by Gasteiger charge is -2.06. The minimum atomic E-state index is 0.581. The van der Waals surface area contributed by atoms with E-state index >= 15 is 0 Å². The van der Waals surface area contributed by atoms with Crippen LogP contribution in [0.4, 0.5) is 0 Å². The Kier molecular flexibility index (Phi) is 6.48. The zero-order chi connectivity index (χ0) is 16.0. The largest absolute Gasteiger partial charge is 0.344 e. The molecule has 0 amide bonds. The lowest BCUT2D eigenvalue weighted by Crippen LogP contribution is -1.90. The van der Waals surface area contributed by atoms with Crippen LogP contribution in [0.2, 0.25) is 0 Å². The minimum Gasteiger partial charge on any atom is -0.344 e. The fourth-order valence-corrected chi connectivity index (χ4v) is 2.54. The summed E-state index contributed by atoms with van der Waals surface area (Å²) in [4.78, 5) is 0. The van der Waals surface area contributed by atoms with E-state index in [9.17, 15) is 0 Å². The third-order valence-corrected chi connectivity index (χ3v) is 3.61. The number of nitrogens with zero attached hydrogens (tertiary/aromatic N) is 1. The van der Waals surface area contributed by atoms with Gasteiger partial charge in [0.05, 0.1) is 0 Å². The fourth-order valence-electron chi connectivity index (χ4n) is 2.54. The third kappa shape index (κ3) is 3.29. The van der Waals surface area contributed by atoms with Crippen LogP contribution in [0.25, 0.3) is 21.8 Å². The first-order chi connectivity index (χ1) is 10.2. The van der Waals surface area contributed by atoms with Gasteiger partial charge in [0, 0.05) is 28.9 Å². The van der Waals surface area contributed by atoms with Gasteiger partial charge in [-0.25, -0.2) is 0 Å². The Morgan fingerprint density at radius 1 is 0.762 bits per heavy atom. The average molecular weight is 283 g/mol. The number of aryl methyl sites for hydroxylation is 1. The van der Waals surface area contributed by atoms with Crippen molar-refractivity contribution >= 4 is 21.8 Å². The summed E-state index contributed by atoms with van der Waals surface area (Å²) in [6.07, 6.45) is 0. The van der Waals surface area contributed by atoms with Crippen LogP contribution < -0.4 is 0 Å². The summed E-state index contributed by atoms with van der Waals surface area (Å²) < 4.78 is 2.29. The monoisotopic (exact) mass is 283 g/mol. The first-order valence-electron chi connectivity index (χ1n) is 8.15. The van der Waals surface area contributed by atoms with Crippen LogP contribution in [0.3, 0.4) is 0 Å². The molecule has 0 saturated heterocycles. The number of benzene rings is 2. The van der Waals surface area contributed by atoms with Gasteiger partial charge < -0.3 is 4.57 Å². The molecule has 0 spiro atoms. The van der Waals surface area contributed by atoms with E-state index in [0.29, 0.717) is 5.92 Å². The van der Waals surface area contributed by atoms with Crippen LogP contribution in [0.15, 0.2) is 42.5 Å². The second kappa shape index (κ2) is 7.87. The summed E-state index contributed by atoms with van der Waals surface area (Å²) in [5.74, 6) is 0.581. The second-order valence-corrected chi connectivity index (χ2v) is 5.01. The van der Waals surface area contributed by atoms with E-state index in [0.717, 1.165) is 0 Å². The molecule has 0 bridgehead atoms. The maximum absolute atomic E-state index is 2.32. The third-order valence-electron chi connectivity index (χ3n) is 3.61. The SMILES string of the molecule is CC.CC.CC(C)c1ccc2c3ccccc3n(C)c2c1. The lowest BCUT2D eigenvalue weighted by atomic mass is 10.0. The maximum atomic E-state index is 2.32. The van der Waals surface area contributed by atoms with Crippen molar-refractivity contribution in [1.29, 1.82) is 0 Å². The van der Waals surface area contributed by atoms with Crippen LogP contribution in [-0.4, -0.2) is 4.57 Å². The minimum absolute atomic E-state index is 0.581. The smallest absolute Gasteiger partial charge is 0.0491 e. The van der Waals surface area contributed by atoms with Gasteiger partial charge in [-0.15, -0.1) is 0 Å². The summed E-state index contributed by atoms with van der Waals surface area (Å²) >= 11 is 0. The molecular formula is C20H29N. The molecule has 0 N–H and O–H groups in total. The van der Waals surface area contributed by atoms with E-state index in [1.165, 1.54) is 27.4 Å². The van der Waals surface area contributed by atoms with Gasteiger partial charge in [-0.05, 0) is 23.6 Å². The highest BCUT2D eigenvalue weighted by Crippen LogP contribution is 2.30. The summed E-state index contributed by atoms with van der Waals surface area (Å²) in [6.45, 7) is 12.5. The van der Waals surface area contributed by atoms with E-state index in [1.54, 1.807) is 0 Å². The van der Waals surface area contributed by atoms with Crippen molar-refractivity contribution in [3.63, 3.8) is 0 Å². The average Bonchev–Trinajstić information content (AvgIpc) is 2.84. The van der Waals surface area contributed by atoms with Gasteiger partial charge >= 0.3 is 0 Å². The van der Waals surface area contributed by atoms with Crippen molar-refractivity contribution in [2.24, 2.45) is 7.05 Å². The molecule has 1 heteroatoms. The molecule has 114 valence electrons. The summed E-state index contributed by atoms with van der Waals surface area (Å²) in [5, 5.41) is 2.70. The molecule has 3 aromatic rings. The zero-order valence-corrected chi connectivity index (χ0v) is 14.6. The summed E-state index contributed by atoms with van der Waals surface area (Å²) in [7, 11) is 2.15. The molecule has 0 aliphatic rings. The Bertz CT molecular complexity index is 689. The zero-order valence-electron chi connectivity index (χ0n) is 14.6. The molecule has 0 unspecified atom stereocenters. The van der Waals surface area contributed by atoms with Crippen LogP contribution in [0.1, 0.15) is 53.0 Å². The van der Waals surface area contributed by atoms with Crippen LogP contribution in [0.5, 0.6) is 0 Å². The lowest BCUT2D eigenvalue weighted by molar-refractivity contribution is 0.866. The molecule has 3 rings (SSSR count). The number of hydrogen-bond acceptors (Lipinski definition) is 0. The van der Waals surface area contributed by atoms with E-state index < -0.39 is 0 Å². The summed E-state index contributed by atoms with van der Waals surface area (Å²) in [6, 6.07) is 15.4. The second-order valence-electron chi connectivity index (χ2n) is 5.01. The Hall–Kier alpha value is -1.76. The molecule has 1 aromatic heterocycles. The molecule has 0 radical (unpaired) electrons. The first-order valence-corrected chi connectivity index (χ1v) is 8.15. The molecule has 21 heavy (non-hydrogen) atoms. The van der Waals surface area contributed by atoms with Gasteiger partial charge in [0.1, 0.15) is 0 Å². The van der Waals surface area contributed by atoms with E-state index in [-0.39, 0.29) is 0 Å². The Balaban J connectivity index is 0.000000510. The normalized spacial score (nSPS) is 10.1. The number of aromatic nitrogens is 1. The standard InChI is InChI=1S/C16H17N.2C2H6/c1-11(2)12-8-9-14-13-6-4-5-7-15(13)17(3)16(14)10-12;2*1-2/h4-11H,1-3H3;2*1-2H3. The van der Waals surface area contributed by atoms with E-state index in [4.69, 9.17) is 0 Å². The van der Waals surface area contributed by atoms with Crippen molar-refractivity contribution in [1.82, 2.24) is 4.57 Å². The number of para-hydroxylation sites is 1. The van der Waals surface area contributed by atoms with E-state index in [1.807, 2.05) is 27.7 Å². The highest BCUT2D eigenvalue weighted by Gasteiger charge is 2.08. The molecule has 0 fully saturated rings. The molecule has 1 heterocycles. The number of hydrogen-bond donors (Lipinski definition) is 0. The van der Waals surface area contributed by atoms with E-state index in [2.05, 4.69) is 67.9 Å². The van der Waals surface area contributed by atoms with Crippen molar-refractivity contribution in [2.45, 2.75) is 47.5 Å². The Morgan fingerprint density at radius 3 is 1.95 bits per heavy atom. The van der Waals surface area contributed by atoms with Gasteiger partial charge in [-0.1, -0.05) is 71.9 Å². The Morgan fingerprint density at radius 2 is 1.33 bits per heavy atom. The number of rotatable bonds is 1. The van der Waals surface area contributed by atoms with Crippen molar-refractivity contribution in [3.05, 3.63) is 48.0 Å². The fraction of sp³-hybridized carbons (Fsp3) is 0.400. The van der Waals surface area contributed by atoms with Crippen LogP contribution >= 0.6 is 0 Å². The highest BCUT2D eigenvalue weighted by molar-refractivity contribution is 6.08. The maximum Gasteiger partial charge on any atom is 0.0491 e. The quantitative estimate of drug-likeness (QED) is 0.480. The highest BCUT2D eigenvalue weighted by atomic mass is 14.9. The first kappa shape index (κ1) is 17.3. The molecule has 2 aromatic carbocycles. The van der Waals surface area contributed by atoms with Crippen LogP contribution in [-0.2, 0) is 7.05 Å². The molecule has 0 aliphatic heterocycles. The van der Waals surface area contributed by atoms with Crippen LogP contribution in [0, 0.1) is 0 Å². The molecule has 1 nitrogen and oxygen atoms in total. The van der Waals surface area contributed by atoms with Crippen molar-refractivity contribution in [2.75, 3.05) is 0 Å². The van der Waals surface area contributed by atoms with Gasteiger partial charge in [0.15, 0.2) is 0 Å². The topological polar surface area (TPSA) is 4.93 Å². The summed E-state index contributed by atoms with van der Waals surface area (Å²) in [5.41, 5.74) is 4.05. The Labute approximate surface area is 129 Å². The number of fused-ring (bicyclic) bond motifs is 3.